The minimum absolute atomic E-state index is 0.117. The van der Waals surface area contributed by atoms with Crippen LogP contribution in [-0.2, 0) is 4.74 Å². The molecule has 0 aliphatic rings. The molecule has 2 rings (SSSR count). The lowest BCUT2D eigenvalue weighted by molar-refractivity contribution is 0.00846. The van der Waals surface area contributed by atoms with Crippen molar-refractivity contribution in [2.24, 2.45) is 0 Å². The molecule has 96 valence electrons. The van der Waals surface area contributed by atoms with Crippen LogP contribution in [0.3, 0.4) is 0 Å². The third-order valence-corrected chi connectivity index (χ3v) is 3.71. The molecule has 0 aliphatic heterocycles. The van der Waals surface area contributed by atoms with Crippen LogP contribution >= 0.6 is 12.6 Å². The number of ether oxygens (including phenoxy) is 1. The van der Waals surface area contributed by atoms with Crippen molar-refractivity contribution in [2.45, 2.75) is 32.5 Å². The van der Waals surface area contributed by atoms with Crippen LogP contribution in [0.25, 0.3) is 10.8 Å². The minimum Gasteiger partial charge on any atom is -0.370 e. The van der Waals surface area contributed by atoms with E-state index in [0.717, 1.165) is 12.2 Å². The first-order valence-corrected chi connectivity index (χ1v) is 7.13. The van der Waals surface area contributed by atoms with E-state index in [1.54, 1.807) is 0 Å². The predicted octanol–water partition coefficient (Wildman–Crippen LogP) is 4.63. The van der Waals surface area contributed by atoms with E-state index in [2.05, 4.69) is 68.9 Å². The molecule has 0 heterocycles. The van der Waals surface area contributed by atoms with E-state index in [9.17, 15) is 0 Å². The van der Waals surface area contributed by atoms with Crippen molar-refractivity contribution in [3.8, 4) is 0 Å². The summed E-state index contributed by atoms with van der Waals surface area (Å²) >= 11 is 4.32. The summed E-state index contributed by atoms with van der Waals surface area (Å²) in [4.78, 5) is 0. The predicted molar refractivity (Wildman–Crippen MR) is 81.4 cm³/mol. The summed E-state index contributed by atoms with van der Waals surface area (Å²) in [7, 11) is 0. The zero-order valence-corrected chi connectivity index (χ0v) is 11.9. The molecule has 2 heteroatoms. The van der Waals surface area contributed by atoms with Crippen LogP contribution in [0.15, 0.2) is 42.5 Å². The fraction of sp³-hybridized carbons (Fsp3) is 0.375. The van der Waals surface area contributed by atoms with Crippen molar-refractivity contribution in [1.29, 1.82) is 0 Å². The van der Waals surface area contributed by atoms with Crippen LogP contribution in [0.1, 0.15) is 31.9 Å². The molecule has 2 atom stereocenters. The van der Waals surface area contributed by atoms with Crippen molar-refractivity contribution in [1.82, 2.24) is 0 Å². The number of hydrogen-bond donors (Lipinski definition) is 1. The quantitative estimate of drug-likeness (QED) is 0.771. The Morgan fingerprint density at radius 3 is 2.50 bits per heavy atom. The zero-order chi connectivity index (χ0) is 13.0. The normalized spacial score (nSPS) is 14.6. The van der Waals surface area contributed by atoms with Crippen molar-refractivity contribution < 1.29 is 4.74 Å². The number of benzene rings is 2. The van der Waals surface area contributed by atoms with Crippen molar-refractivity contribution in [3.63, 3.8) is 0 Å². The van der Waals surface area contributed by atoms with Crippen LogP contribution in [0.4, 0.5) is 0 Å². The van der Waals surface area contributed by atoms with Crippen molar-refractivity contribution in [3.05, 3.63) is 48.0 Å². The summed E-state index contributed by atoms with van der Waals surface area (Å²) in [5.74, 6) is 0.772. The number of hydrogen-bond acceptors (Lipinski definition) is 2. The molecule has 2 aromatic carbocycles. The second-order valence-corrected chi connectivity index (χ2v) is 4.96. The highest BCUT2D eigenvalue weighted by atomic mass is 32.1. The number of fused-ring (bicyclic) bond motifs is 1. The van der Waals surface area contributed by atoms with Crippen molar-refractivity contribution in [2.75, 3.05) is 5.75 Å². The SMILES string of the molecule is CCC(CS)OC(C)c1ccc2ccccc2c1. The summed E-state index contributed by atoms with van der Waals surface area (Å²) < 4.78 is 6.01. The smallest absolute Gasteiger partial charge is 0.0801 e. The summed E-state index contributed by atoms with van der Waals surface area (Å²) in [5.41, 5.74) is 1.23. The molecule has 0 saturated heterocycles. The Balaban J connectivity index is 2.19. The van der Waals surface area contributed by atoms with Gasteiger partial charge in [0.15, 0.2) is 0 Å². The van der Waals surface area contributed by atoms with E-state index in [4.69, 9.17) is 4.74 Å². The first-order chi connectivity index (χ1) is 8.74. The maximum atomic E-state index is 6.01. The average molecular weight is 260 g/mol. The summed E-state index contributed by atoms with van der Waals surface area (Å²) in [6.07, 6.45) is 1.35. The molecule has 0 radical (unpaired) electrons. The van der Waals surface area contributed by atoms with Crippen molar-refractivity contribution >= 4 is 23.4 Å². The van der Waals surface area contributed by atoms with Gasteiger partial charge < -0.3 is 4.74 Å². The number of rotatable bonds is 5. The molecular weight excluding hydrogens is 240 g/mol. The van der Waals surface area contributed by atoms with Gasteiger partial charge in [0.1, 0.15) is 0 Å². The Bertz CT molecular complexity index is 505. The summed E-state index contributed by atoms with van der Waals surface area (Å²) in [6.45, 7) is 4.24. The first-order valence-electron chi connectivity index (χ1n) is 6.49. The molecule has 18 heavy (non-hydrogen) atoms. The van der Waals surface area contributed by atoms with Crippen LogP contribution in [0, 0.1) is 0 Å². The fourth-order valence-corrected chi connectivity index (χ4v) is 2.44. The maximum absolute atomic E-state index is 6.01. The molecule has 2 aromatic rings. The van der Waals surface area contributed by atoms with Gasteiger partial charge in [0.2, 0.25) is 0 Å². The molecule has 0 saturated carbocycles. The maximum Gasteiger partial charge on any atom is 0.0801 e. The fourth-order valence-electron chi connectivity index (χ4n) is 2.10. The average Bonchev–Trinajstić information content (AvgIpc) is 2.44. The summed E-state index contributed by atoms with van der Waals surface area (Å²) in [6, 6.07) is 14.9. The Hall–Kier alpha value is -0.990. The molecule has 0 bridgehead atoms. The molecule has 0 fully saturated rings. The van der Waals surface area contributed by atoms with E-state index in [0.29, 0.717) is 0 Å². The molecular formula is C16H20OS. The lowest BCUT2D eigenvalue weighted by Crippen LogP contribution is -2.16. The molecule has 0 N–H and O–H groups in total. The van der Waals surface area contributed by atoms with Gasteiger partial charge in [-0.2, -0.15) is 12.6 Å². The van der Waals surface area contributed by atoms with Gasteiger partial charge in [-0.05, 0) is 35.7 Å². The Morgan fingerprint density at radius 1 is 1.11 bits per heavy atom. The number of thiol groups is 1. The largest absolute Gasteiger partial charge is 0.370 e. The topological polar surface area (TPSA) is 9.23 Å². The minimum atomic E-state index is 0.117. The highest BCUT2D eigenvalue weighted by molar-refractivity contribution is 7.80. The molecule has 0 aliphatic carbocycles. The Morgan fingerprint density at radius 2 is 1.83 bits per heavy atom. The standard InChI is InChI=1S/C16H20OS/c1-3-16(11-18)17-12(2)14-9-8-13-6-4-5-7-15(13)10-14/h4-10,12,16,18H,3,11H2,1-2H3. The third kappa shape index (κ3) is 3.06. The van der Waals surface area contributed by atoms with Crippen LogP contribution in [-0.4, -0.2) is 11.9 Å². The Labute approximate surface area is 115 Å². The van der Waals surface area contributed by atoms with Crippen LogP contribution in [0.5, 0.6) is 0 Å². The summed E-state index contributed by atoms with van der Waals surface area (Å²) in [5, 5.41) is 2.54. The van der Waals surface area contributed by atoms with E-state index in [1.165, 1.54) is 16.3 Å². The zero-order valence-electron chi connectivity index (χ0n) is 11.0. The van der Waals surface area contributed by atoms with Crippen LogP contribution in [0.2, 0.25) is 0 Å². The molecule has 2 unspecified atom stereocenters. The highest BCUT2D eigenvalue weighted by Crippen LogP contribution is 2.24. The van der Waals surface area contributed by atoms with E-state index < -0.39 is 0 Å². The van der Waals surface area contributed by atoms with Gasteiger partial charge in [0.05, 0.1) is 12.2 Å². The molecule has 0 aromatic heterocycles. The van der Waals surface area contributed by atoms with Gasteiger partial charge in [-0.15, -0.1) is 0 Å². The second kappa shape index (κ2) is 6.26. The third-order valence-electron chi connectivity index (χ3n) is 3.30. The van der Waals surface area contributed by atoms with Gasteiger partial charge in [0, 0.05) is 5.75 Å². The molecule has 0 spiro atoms. The van der Waals surface area contributed by atoms with Crippen LogP contribution < -0.4 is 0 Å². The van der Waals surface area contributed by atoms with E-state index in [-0.39, 0.29) is 12.2 Å². The molecule has 0 amide bonds. The monoisotopic (exact) mass is 260 g/mol. The van der Waals surface area contributed by atoms with Gasteiger partial charge in [0.25, 0.3) is 0 Å². The second-order valence-electron chi connectivity index (χ2n) is 4.60. The first kappa shape index (κ1) is 13.4. The lowest BCUT2D eigenvalue weighted by atomic mass is 10.0. The van der Waals surface area contributed by atoms with E-state index >= 15 is 0 Å². The highest BCUT2D eigenvalue weighted by Gasteiger charge is 2.12. The lowest BCUT2D eigenvalue weighted by Gasteiger charge is -2.20. The van der Waals surface area contributed by atoms with Gasteiger partial charge in [-0.1, -0.05) is 43.3 Å². The van der Waals surface area contributed by atoms with Gasteiger partial charge in [-0.25, -0.2) is 0 Å². The van der Waals surface area contributed by atoms with Gasteiger partial charge in [-0.3, -0.25) is 0 Å². The van der Waals surface area contributed by atoms with E-state index in [1.807, 2.05) is 0 Å². The van der Waals surface area contributed by atoms with Gasteiger partial charge >= 0.3 is 0 Å². The molecule has 1 nitrogen and oxygen atoms in total. The Kier molecular flexibility index (Phi) is 4.67.